The summed E-state index contributed by atoms with van der Waals surface area (Å²) in [5, 5.41) is 12.1. The molecule has 12 nitrogen and oxygen atoms in total. The molecule has 5 heterocycles. The van der Waals surface area contributed by atoms with E-state index in [0.29, 0.717) is 37.5 Å². The second-order valence-corrected chi connectivity index (χ2v) is 18.7. The number of aromatic nitrogens is 2. The summed E-state index contributed by atoms with van der Waals surface area (Å²) in [5.41, 5.74) is -0.700. The number of piperazine rings is 1. The van der Waals surface area contributed by atoms with Gasteiger partial charge in [-0.05, 0) is 97.9 Å². The van der Waals surface area contributed by atoms with E-state index in [2.05, 4.69) is 16.0 Å². The topological polar surface area (TPSA) is 130 Å². The summed E-state index contributed by atoms with van der Waals surface area (Å²) in [4.78, 5) is 41.1. The number of halogens is 3. The number of carbonyl (C=O) groups is 2. The molecule has 3 saturated heterocycles. The minimum Gasteiger partial charge on any atom is -0.462 e. The molecule has 0 N–H and O–H groups in total. The van der Waals surface area contributed by atoms with Crippen molar-refractivity contribution in [3.8, 4) is 23.2 Å². The molecule has 1 amide bonds. The number of ether oxygens (including phenoxy) is 4. The number of benzene rings is 2. The minimum atomic E-state index is -0.742. The molecule has 316 valence electrons. The van der Waals surface area contributed by atoms with E-state index in [1.807, 2.05) is 51.3 Å². The predicted octanol–water partition coefficient (Wildman–Crippen LogP) is 8.88. The highest BCUT2D eigenvalue weighted by Crippen LogP contribution is 2.44. The lowest BCUT2D eigenvalue weighted by Gasteiger charge is -2.42. The molecule has 2 aromatic heterocycles. The van der Waals surface area contributed by atoms with Crippen LogP contribution in [0, 0.1) is 23.0 Å². The molecule has 3 aliphatic heterocycles. The summed E-state index contributed by atoms with van der Waals surface area (Å²) in [6.45, 7) is 14.6. The van der Waals surface area contributed by atoms with Gasteiger partial charge in [-0.15, -0.1) is 11.3 Å². The maximum Gasteiger partial charge on any atom is 0.410 e. The van der Waals surface area contributed by atoms with Gasteiger partial charge < -0.3 is 23.8 Å². The molecular formula is C43H51ClF2N6O6S. The number of carbonyl (C=O) groups excluding carboxylic acids is 2. The van der Waals surface area contributed by atoms with E-state index in [1.54, 1.807) is 11.4 Å². The van der Waals surface area contributed by atoms with Gasteiger partial charge in [0, 0.05) is 54.0 Å². The highest BCUT2D eigenvalue weighted by Gasteiger charge is 2.45. The Kier molecular flexibility index (Phi) is 12.5. The maximum absolute atomic E-state index is 17.2. The first-order chi connectivity index (χ1) is 28.0. The van der Waals surface area contributed by atoms with Crippen LogP contribution in [-0.2, 0) is 19.0 Å². The van der Waals surface area contributed by atoms with Crippen LogP contribution in [0.4, 0.5) is 19.4 Å². The van der Waals surface area contributed by atoms with Gasteiger partial charge in [0.1, 0.15) is 41.0 Å². The third kappa shape index (κ3) is 9.51. The molecule has 0 aliphatic carbocycles. The van der Waals surface area contributed by atoms with E-state index in [1.165, 1.54) is 12.1 Å². The molecule has 7 rings (SSSR count). The minimum absolute atomic E-state index is 0.000220. The summed E-state index contributed by atoms with van der Waals surface area (Å²) in [6, 6.07) is 6.17. The molecule has 3 atom stereocenters. The highest BCUT2D eigenvalue weighted by atomic mass is 35.5. The Balaban J connectivity index is 1.15. The van der Waals surface area contributed by atoms with E-state index in [4.69, 9.17) is 35.5 Å². The molecule has 0 saturated carbocycles. The fourth-order valence-corrected chi connectivity index (χ4v) is 9.60. The van der Waals surface area contributed by atoms with Crippen molar-refractivity contribution in [2.75, 3.05) is 50.9 Å². The summed E-state index contributed by atoms with van der Waals surface area (Å²) in [5.74, 6) is -1.11. The molecule has 2 unspecified atom stereocenters. The van der Waals surface area contributed by atoms with Gasteiger partial charge in [0.05, 0.1) is 40.4 Å². The van der Waals surface area contributed by atoms with E-state index in [0.717, 1.165) is 56.5 Å². The van der Waals surface area contributed by atoms with Crippen LogP contribution in [0.5, 0.6) is 6.01 Å². The van der Waals surface area contributed by atoms with E-state index in [-0.39, 0.29) is 86.5 Å². The number of hydrogen-bond acceptors (Lipinski definition) is 12. The Morgan fingerprint density at radius 2 is 1.75 bits per heavy atom. The fraction of sp³-hybridized carbons (Fsp3) is 0.558. The van der Waals surface area contributed by atoms with Gasteiger partial charge in [-0.2, -0.15) is 15.2 Å². The van der Waals surface area contributed by atoms with Gasteiger partial charge in [0.2, 0.25) is 0 Å². The lowest BCUT2D eigenvalue weighted by Crippen LogP contribution is -2.57. The van der Waals surface area contributed by atoms with Crippen molar-refractivity contribution in [3.05, 3.63) is 45.8 Å². The number of thiophene rings is 1. The van der Waals surface area contributed by atoms with Crippen LogP contribution in [0.1, 0.15) is 85.6 Å². The number of fused-ring (bicyclic) bond motifs is 4. The predicted molar refractivity (Wildman–Crippen MR) is 223 cm³/mol. The first kappa shape index (κ1) is 42.8. The molecule has 0 radical (unpaired) electrons. The van der Waals surface area contributed by atoms with Gasteiger partial charge in [0.15, 0.2) is 5.82 Å². The van der Waals surface area contributed by atoms with E-state index in [9.17, 15) is 19.2 Å². The Labute approximate surface area is 352 Å². The van der Waals surface area contributed by atoms with Crippen LogP contribution < -0.4 is 9.64 Å². The molecule has 3 fully saturated rings. The van der Waals surface area contributed by atoms with Crippen LogP contribution >= 0.6 is 22.9 Å². The summed E-state index contributed by atoms with van der Waals surface area (Å²) in [7, 11) is 0. The first-order valence-electron chi connectivity index (χ1n) is 20.2. The van der Waals surface area contributed by atoms with Crippen molar-refractivity contribution in [1.29, 1.82) is 5.26 Å². The summed E-state index contributed by atoms with van der Waals surface area (Å²) < 4.78 is 55.6. The van der Waals surface area contributed by atoms with Gasteiger partial charge in [-0.3, -0.25) is 14.6 Å². The number of nitriles is 1. The molecule has 16 heteroatoms. The SMILES string of the molecule is CC(C)(C)OC(=O)CCOCCCN1CCC[C@H]1COc1nc(N2CC3CCC(C2)N3C(=O)OC(C)(C)C)c2cc(Cl)c(-c3ccc(F)c4scc(C#N)c34)c(F)c2n1. The van der Waals surface area contributed by atoms with Crippen LogP contribution in [0.25, 0.3) is 32.1 Å². The highest BCUT2D eigenvalue weighted by molar-refractivity contribution is 7.17. The third-order valence-electron chi connectivity index (χ3n) is 10.8. The zero-order chi connectivity index (χ0) is 42.2. The average molecular weight is 853 g/mol. The number of rotatable bonds is 12. The van der Waals surface area contributed by atoms with Crippen molar-refractivity contribution in [3.63, 3.8) is 0 Å². The van der Waals surface area contributed by atoms with Crippen LogP contribution in [0.3, 0.4) is 0 Å². The fourth-order valence-electron chi connectivity index (χ4n) is 8.38. The molecule has 4 aromatic rings. The molecule has 2 bridgehead atoms. The van der Waals surface area contributed by atoms with Gasteiger partial charge in [0.25, 0.3) is 0 Å². The molecular weight excluding hydrogens is 802 g/mol. The molecule has 0 spiro atoms. The number of esters is 1. The monoisotopic (exact) mass is 852 g/mol. The third-order valence-corrected chi connectivity index (χ3v) is 12.1. The van der Waals surface area contributed by atoms with Crippen molar-refractivity contribution < 1.29 is 37.3 Å². The van der Waals surface area contributed by atoms with E-state index >= 15 is 4.39 Å². The summed E-state index contributed by atoms with van der Waals surface area (Å²) >= 11 is 8.01. The number of anilines is 1. The smallest absolute Gasteiger partial charge is 0.410 e. The normalized spacial score (nSPS) is 19.8. The molecule has 59 heavy (non-hydrogen) atoms. The van der Waals surface area contributed by atoms with Crippen molar-refractivity contribution >= 4 is 61.8 Å². The second kappa shape index (κ2) is 17.3. The van der Waals surface area contributed by atoms with Crippen molar-refractivity contribution in [1.82, 2.24) is 19.8 Å². The zero-order valence-corrected chi connectivity index (χ0v) is 36.0. The standard InChI is InChI=1S/C43H51ClF2N6O6S/c1-42(2,3)57-33(53)14-18-55-17-8-16-50-15-7-9-28(50)23-56-40-48-37-30(39(49-40)51-21-26-10-11-27(22-51)52(26)41(54)58-43(4,5)6)19-31(44)35(36(37)46)29-12-13-32(45)38-34(29)25(20-47)24-59-38/h12-13,19,24,26-28H,7-11,14-18,21-23H2,1-6H3/t26?,27?,28-/m0/s1. The Bertz CT molecular complexity index is 2260. The maximum atomic E-state index is 17.2. The molecule has 3 aliphatic rings. The first-order valence-corrected chi connectivity index (χ1v) is 21.5. The zero-order valence-electron chi connectivity index (χ0n) is 34.4. The van der Waals surface area contributed by atoms with E-state index < -0.39 is 22.8 Å². The number of nitrogens with zero attached hydrogens (tertiary/aromatic N) is 6. The quantitative estimate of drug-likeness (QED) is 0.100. The number of likely N-dealkylation sites (tertiary alicyclic amines) is 1. The van der Waals surface area contributed by atoms with Crippen LogP contribution in [-0.4, -0.2) is 107 Å². The van der Waals surface area contributed by atoms with Gasteiger partial charge in [-0.1, -0.05) is 17.7 Å². The average Bonchev–Trinajstić information content (AvgIpc) is 3.87. The van der Waals surface area contributed by atoms with Crippen molar-refractivity contribution in [2.24, 2.45) is 0 Å². The number of hydrogen-bond donors (Lipinski definition) is 0. The Morgan fingerprint density at radius 3 is 2.44 bits per heavy atom. The van der Waals surface area contributed by atoms with Gasteiger partial charge >= 0.3 is 18.1 Å². The van der Waals surface area contributed by atoms with Gasteiger partial charge in [-0.25, -0.2) is 13.6 Å². The second-order valence-electron chi connectivity index (χ2n) is 17.5. The van der Waals surface area contributed by atoms with Crippen LogP contribution in [0.15, 0.2) is 23.6 Å². The lowest BCUT2D eigenvalue weighted by atomic mass is 9.97. The largest absolute Gasteiger partial charge is 0.462 e. The Hall–Kier alpha value is -4.36. The lowest BCUT2D eigenvalue weighted by molar-refractivity contribution is -0.156. The molecule has 2 aromatic carbocycles. The van der Waals surface area contributed by atoms with Crippen LogP contribution in [0.2, 0.25) is 5.02 Å². The number of amides is 1. The Morgan fingerprint density at radius 1 is 1.02 bits per heavy atom. The summed E-state index contributed by atoms with van der Waals surface area (Å²) in [6.07, 6.45) is 4.04. The van der Waals surface area contributed by atoms with Crippen molar-refractivity contribution in [2.45, 2.75) is 109 Å².